The summed E-state index contributed by atoms with van der Waals surface area (Å²) in [7, 11) is 2.12. The number of likely N-dealkylation sites (N-methyl/N-ethyl adjacent to an activating group) is 1. The van der Waals surface area contributed by atoms with Gasteiger partial charge in [-0.2, -0.15) is 0 Å². The third-order valence-electron chi connectivity index (χ3n) is 5.69. The molecule has 33 heavy (non-hydrogen) atoms. The van der Waals surface area contributed by atoms with E-state index in [9.17, 15) is 4.79 Å². The van der Waals surface area contributed by atoms with Crippen LogP contribution in [0, 0.1) is 0 Å². The van der Waals surface area contributed by atoms with Crippen molar-refractivity contribution in [2.45, 2.75) is 25.6 Å². The third kappa shape index (κ3) is 8.82. The molecule has 0 bridgehead atoms. The predicted molar refractivity (Wildman–Crippen MR) is 138 cm³/mol. The molecule has 6 heteroatoms. The first kappa shape index (κ1) is 25.3. The van der Waals surface area contributed by atoms with E-state index in [2.05, 4.69) is 58.6 Å². The van der Waals surface area contributed by atoms with Crippen LogP contribution in [0.2, 0.25) is 10.0 Å². The number of halogens is 2. The molecule has 3 aromatic carbocycles. The van der Waals surface area contributed by atoms with Crippen molar-refractivity contribution in [3.05, 3.63) is 106 Å². The molecule has 0 aliphatic rings. The first-order valence-corrected chi connectivity index (χ1v) is 11.9. The highest BCUT2D eigenvalue weighted by atomic mass is 35.5. The number of amides is 1. The van der Waals surface area contributed by atoms with Crippen LogP contribution in [0.5, 0.6) is 0 Å². The molecule has 0 aliphatic heterocycles. The SMILES string of the molecule is CN(CCNC=O)C(Cc1ccccc1)CN(Cc1cccc(Cl)c1)Cc1cccc(Cl)c1. The van der Waals surface area contributed by atoms with Crippen LogP contribution >= 0.6 is 23.2 Å². The van der Waals surface area contributed by atoms with Gasteiger partial charge < -0.3 is 10.2 Å². The molecule has 0 saturated heterocycles. The van der Waals surface area contributed by atoms with Gasteiger partial charge in [-0.1, -0.05) is 77.8 Å². The molecule has 174 valence electrons. The maximum atomic E-state index is 10.7. The highest BCUT2D eigenvalue weighted by molar-refractivity contribution is 6.30. The molecule has 0 heterocycles. The Bertz CT molecular complexity index is 952. The van der Waals surface area contributed by atoms with Gasteiger partial charge >= 0.3 is 0 Å². The van der Waals surface area contributed by atoms with Gasteiger partial charge in [-0.05, 0) is 54.4 Å². The van der Waals surface area contributed by atoms with E-state index >= 15 is 0 Å². The third-order valence-corrected chi connectivity index (χ3v) is 6.16. The Hall–Kier alpha value is -2.37. The molecule has 0 aromatic heterocycles. The number of rotatable bonds is 13. The average molecular weight is 484 g/mol. The van der Waals surface area contributed by atoms with E-state index in [1.807, 2.05) is 42.5 Å². The fourth-order valence-electron chi connectivity index (χ4n) is 4.00. The van der Waals surface area contributed by atoms with Crippen molar-refractivity contribution in [1.29, 1.82) is 0 Å². The van der Waals surface area contributed by atoms with Crippen molar-refractivity contribution < 1.29 is 4.79 Å². The van der Waals surface area contributed by atoms with E-state index in [0.717, 1.165) is 49.1 Å². The lowest BCUT2D eigenvalue weighted by Gasteiger charge is -2.34. The number of benzene rings is 3. The minimum Gasteiger partial charge on any atom is -0.357 e. The zero-order valence-corrected chi connectivity index (χ0v) is 20.5. The van der Waals surface area contributed by atoms with Gasteiger partial charge in [0.25, 0.3) is 0 Å². The van der Waals surface area contributed by atoms with E-state index in [1.54, 1.807) is 0 Å². The van der Waals surface area contributed by atoms with Crippen molar-refractivity contribution in [3.8, 4) is 0 Å². The molecule has 0 saturated carbocycles. The molecule has 3 rings (SSSR count). The van der Waals surface area contributed by atoms with Crippen LogP contribution in [0.15, 0.2) is 78.9 Å². The van der Waals surface area contributed by atoms with Crippen LogP contribution in [-0.2, 0) is 24.3 Å². The lowest BCUT2D eigenvalue weighted by molar-refractivity contribution is -0.109. The van der Waals surface area contributed by atoms with Gasteiger partial charge in [0.1, 0.15) is 0 Å². The zero-order chi connectivity index (χ0) is 23.5. The van der Waals surface area contributed by atoms with Crippen molar-refractivity contribution in [3.63, 3.8) is 0 Å². The van der Waals surface area contributed by atoms with Gasteiger partial charge in [0, 0.05) is 48.8 Å². The minimum atomic E-state index is 0.263. The van der Waals surface area contributed by atoms with E-state index in [1.165, 1.54) is 16.7 Å². The first-order valence-electron chi connectivity index (χ1n) is 11.2. The molecular weight excluding hydrogens is 453 g/mol. The number of carbonyl (C=O) groups is 1. The van der Waals surface area contributed by atoms with Gasteiger partial charge in [0.05, 0.1) is 0 Å². The fraction of sp³-hybridized carbons (Fsp3) is 0.296. The second-order valence-electron chi connectivity index (χ2n) is 8.33. The van der Waals surface area contributed by atoms with Crippen molar-refractivity contribution in [2.75, 3.05) is 26.7 Å². The van der Waals surface area contributed by atoms with E-state index < -0.39 is 0 Å². The highest BCUT2D eigenvalue weighted by Crippen LogP contribution is 2.19. The number of hydrogen-bond donors (Lipinski definition) is 1. The summed E-state index contributed by atoms with van der Waals surface area (Å²) in [6.45, 7) is 3.80. The van der Waals surface area contributed by atoms with Crippen LogP contribution in [-0.4, -0.2) is 48.9 Å². The number of nitrogens with one attached hydrogen (secondary N) is 1. The maximum absolute atomic E-state index is 10.7. The number of hydrogen-bond acceptors (Lipinski definition) is 3. The Morgan fingerprint density at radius 2 is 1.42 bits per heavy atom. The fourth-order valence-corrected chi connectivity index (χ4v) is 4.42. The van der Waals surface area contributed by atoms with Crippen LogP contribution < -0.4 is 5.32 Å². The topological polar surface area (TPSA) is 35.6 Å². The lowest BCUT2D eigenvalue weighted by Crippen LogP contribution is -2.45. The molecule has 1 unspecified atom stereocenters. The van der Waals surface area contributed by atoms with Crippen molar-refractivity contribution >= 4 is 29.6 Å². The quantitative estimate of drug-likeness (QED) is 0.265. The van der Waals surface area contributed by atoms with Crippen LogP contribution in [0.25, 0.3) is 0 Å². The van der Waals surface area contributed by atoms with Crippen molar-refractivity contribution in [2.24, 2.45) is 0 Å². The van der Waals surface area contributed by atoms with E-state index in [-0.39, 0.29) is 6.04 Å². The van der Waals surface area contributed by atoms with Gasteiger partial charge in [-0.3, -0.25) is 9.69 Å². The van der Waals surface area contributed by atoms with E-state index in [4.69, 9.17) is 23.2 Å². The van der Waals surface area contributed by atoms with Crippen LogP contribution in [0.1, 0.15) is 16.7 Å². The molecule has 0 radical (unpaired) electrons. The summed E-state index contributed by atoms with van der Waals surface area (Å²) in [5.41, 5.74) is 3.64. The minimum absolute atomic E-state index is 0.263. The molecule has 0 fully saturated rings. The molecule has 3 aromatic rings. The monoisotopic (exact) mass is 483 g/mol. The highest BCUT2D eigenvalue weighted by Gasteiger charge is 2.20. The largest absolute Gasteiger partial charge is 0.357 e. The number of carbonyl (C=O) groups excluding carboxylic acids is 1. The average Bonchev–Trinajstić information content (AvgIpc) is 2.79. The van der Waals surface area contributed by atoms with Crippen molar-refractivity contribution in [1.82, 2.24) is 15.1 Å². The summed E-state index contributed by atoms with van der Waals surface area (Å²) in [4.78, 5) is 15.5. The molecule has 1 amide bonds. The molecule has 1 atom stereocenters. The normalized spacial score (nSPS) is 12.2. The summed E-state index contributed by atoms with van der Waals surface area (Å²) < 4.78 is 0. The Morgan fingerprint density at radius 3 is 1.97 bits per heavy atom. The lowest BCUT2D eigenvalue weighted by atomic mass is 10.0. The van der Waals surface area contributed by atoms with Crippen LogP contribution in [0.3, 0.4) is 0 Å². The second-order valence-corrected chi connectivity index (χ2v) is 9.20. The van der Waals surface area contributed by atoms with Gasteiger partial charge in [0.2, 0.25) is 6.41 Å². The molecular formula is C27H31Cl2N3O. The second kappa shape index (κ2) is 13.4. The molecule has 0 aliphatic carbocycles. The van der Waals surface area contributed by atoms with E-state index in [0.29, 0.717) is 6.54 Å². The summed E-state index contributed by atoms with van der Waals surface area (Å²) in [5.74, 6) is 0. The number of nitrogens with zero attached hydrogens (tertiary/aromatic N) is 2. The molecule has 1 N–H and O–H groups in total. The zero-order valence-electron chi connectivity index (χ0n) is 19.0. The summed E-state index contributed by atoms with van der Waals surface area (Å²) >= 11 is 12.5. The van der Waals surface area contributed by atoms with Gasteiger partial charge in [0.15, 0.2) is 0 Å². The van der Waals surface area contributed by atoms with Crippen LogP contribution in [0.4, 0.5) is 0 Å². The van der Waals surface area contributed by atoms with Gasteiger partial charge in [-0.25, -0.2) is 0 Å². The standard InChI is InChI=1S/C27H31Cl2N3O/c1-31(14-13-30-21-33)27(17-22-7-3-2-4-8-22)20-32(18-23-9-5-11-25(28)15-23)19-24-10-6-12-26(29)16-24/h2-12,15-16,21,27H,13-14,17-20H2,1H3,(H,30,33). The Kier molecular flexibility index (Phi) is 10.2. The predicted octanol–water partition coefficient (Wildman–Crippen LogP) is 5.28. The summed E-state index contributed by atoms with van der Waals surface area (Å²) in [5, 5.41) is 4.27. The Morgan fingerprint density at radius 1 is 0.848 bits per heavy atom. The van der Waals surface area contributed by atoms with Gasteiger partial charge in [-0.15, -0.1) is 0 Å². The Balaban J connectivity index is 1.82. The first-order chi connectivity index (χ1) is 16.0. The Labute approximate surface area is 207 Å². The summed E-state index contributed by atoms with van der Waals surface area (Å²) in [6.07, 6.45) is 1.67. The summed E-state index contributed by atoms with van der Waals surface area (Å²) in [6, 6.07) is 26.9. The molecule has 0 spiro atoms. The smallest absolute Gasteiger partial charge is 0.207 e. The maximum Gasteiger partial charge on any atom is 0.207 e. The molecule has 4 nitrogen and oxygen atoms in total.